The molecule has 2 aromatic heterocycles. The van der Waals surface area contributed by atoms with E-state index in [-0.39, 0.29) is 6.54 Å². The molecule has 0 spiro atoms. The van der Waals surface area contributed by atoms with E-state index in [9.17, 15) is 8.42 Å². The van der Waals surface area contributed by atoms with Gasteiger partial charge in [-0.1, -0.05) is 6.92 Å². The number of aromatic nitrogens is 3. The number of hydrogen-bond donors (Lipinski definition) is 1. The van der Waals surface area contributed by atoms with E-state index in [2.05, 4.69) is 19.7 Å². The summed E-state index contributed by atoms with van der Waals surface area (Å²) in [5.74, 6) is 1.41. The largest absolute Gasteiger partial charge is 0.378 e. The fourth-order valence-corrected chi connectivity index (χ4v) is 4.82. The fourth-order valence-electron chi connectivity index (χ4n) is 2.50. The topological polar surface area (TPSA) is 101 Å². The monoisotopic (exact) mass is 412 g/mol. The molecule has 1 N–H and O–H groups in total. The van der Waals surface area contributed by atoms with Gasteiger partial charge in [0.2, 0.25) is 21.9 Å². The Morgan fingerprint density at radius 3 is 2.59 bits per heavy atom. The van der Waals surface area contributed by atoms with Gasteiger partial charge in [0.05, 0.1) is 19.8 Å². The molecular weight excluding hydrogens is 388 g/mol. The Bertz CT molecular complexity index is 878. The summed E-state index contributed by atoms with van der Waals surface area (Å²) in [6.45, 7) is 4.61. The Morgan fingerprint density at radius 2 is 1.96 bits per heavy atom. The van der Waals surface area contributed by atoms with E-state index in [4.69, 9.17) is 4.74 Å². The van der Waals surface area contributed by atoms with Crippen LogP contribution >= 0.6 is 11.3 Å². The molecule has 0 saturated carbocycles. The van der Waals surface area contributed by atoms with Gasteiger partial charge in [0.25, 0.3) is 0 Å². The van der Waals surface area contributed by atoms with Crippen molar-refractivity contribution in [3.05, 3.63) is 22.8 Å². The number of aryl methyl sites for hydroxylation is 1. The van der Waals surface area contributed by atoms with Gasteiger partial charge in [-0.05, 0) is 18.6 Å². The molecule has 1 aliphatic rings. The number of hydrogen-bond acceptors (Lipinski definition) is 9. The normalized spacial score (nSPS) is 15.1. The highest BCUT2D eigenvalue weighted by Gasteiger charge is 2.20. The van der Waals surface area contributed by atoms with Crippen LogP contribution < -0.4 is 14.5 Å². The lowest BCUT2D eigenvalue weighted by Gasteiger charge is -2.27. The second kappa shape index (κ2) is 8.46. The van der Waals surface area contributed by atoms with Gasteiger partial charge in [0.1, 0.15) is 4.21 Å². The standard InChI is InChI=1S/C16H24N6O3S2/c1-4-12-5-6-14(26-12)27(23,24)17-11-13-18-15(21(2)3)20-16(19-13)22-7-9-25-10-8-22/h5-6,17H,4,7-11H2,1-3H3. The van der Waals surface area contributed by atoms with Crippen molar-refractivity contribution in [2.75, 3.05) is 50.2 Å². The molecule has 0 aliphatic carbocycles. The number of nitrogens with zero attached hydrogens (tertiary/aromatic N) is 5. The Balaban J connectivity index is 1.79. The van der Waals surface area contributed by atoms with Crippen LogP contribution in [0, 0.1) is 0 Å². The van der Waals surface area contributed by atoms with Crippen LogP contribution in [0.15, 0.2) is 16.3 Å². The van der Waals surface area contributed by atoms with E-state index in [1.807, 2.05) is 32.0 Å². The molecule has 9 nitrogen and oxygen atoms in total. The van der Waals surface area contributed by atoms with Crippen molar-refractivity contribution in [3.8, 4) is 0 Å². The minimum atomic E-state index is -3.60. The summed E-state index contributed by atoms with van der Waals surface area (Å²) in [6, 6.07) is 3.46. The number of anilines is 2. The van der Waals surface area contributed by atoms with Gasteiger partial charge < -0.3 is 14.5 Å². The first kappa shape index (κ1) is 19.9. The molecule has 11 heteroatoms. The number of rotatable bonds is 7. The van der Waals surface area contributed by atoms with Gasteiger partial charge in [-0.3, -0.25) is 0 Å². The van der Waals surface area contributed by atoms with Crippen LogP contribution in [0.4, 0.5) is 11.9 Å². The highest BCUT2D eigenvalue weighted by atomic mass is 32.2. The van der Waals surface area contributed by atoms with Crippen LogP contribution in [0.25, 0.3) is 0 Å². The molecule has 0 radical (unpaired) electrons. The second-order valence-corrected chi connectivity index (χ2v) is 9.41. The highest BCUT2D eigenvalue weighted by Crippen LogP contribution is 2.22. The van der Waals surface area contributed by atoms with Gasteiger partial charge in [-0.15, -0.1) is 11.3 Å². The predicted octanol–water partition coefficient (Wildman–Crippen LogP) is 0.877. The third kappa shape index (κ3) is 4.92. The van der Waals surface area contributed by atoms with Crippen LogP contribution in [-0.2, 0) is 27.7 Å². The molecule has 1 aliphatic heterocycles. The van der Waals surface area contributed by atoms with E-state index in [0.29, 0.717) is 48.2 Å². The molecule has 148 valence electrons. The SMILES string of the molecule is CCc1ccc(S(=O)(=O)NCc2nc(N(C)C)nc(N3CCOCC3)n2)s1. The predicted molar refractivity (Wildman–Crippen MR) is 105 cm³/mol. The fraction of sp³-hybridized carbons (Fsp3) is 0.562. The number of ether oxygens (including phenoxy) is 1. The van der Waals surface area contributed by atoms with Crippen LogP contribution in [0.5, 0.6) is 0 Å². The lowest BCUT2D eigenvalue weighted by molar-refractivity contribution is 0.122. The average molecular weight is 413 g/mol. The molecule has 1 fully saturated rings. The zero-order valence-electron chi connectivity index (χ0n) is 15.7. The molecule has 1 saturated heterocycles. The third-order valence-electron chi connectivity index (χ3n) is 4.02. The van der Waals surface area contributed by atoms with Crippen molar-refractivity contribution in [1.29, 1.82) is 0 Å². The van der Waals surface area contributed by atoms with Gasteiger partial charge in [-0.2, -0.15) is 15.0 Å². The summed E-state index contributed by atoms with van der Waals surface area (Å²) in [5, 5.41) is 0. The molecule has 0 amide bonds. The summed E-state index contributed by atoms with van der Waals surface area (Å²) >= 11 is 1.27. The van der Waals surface area contributed by atoms with Gasteiger partial charge in [0.15, 0.2) is 5.82 Å². The van der Waals surface area contributed by atoms with E-state index in [1.165, 1.54) is 11.3 Å². The maximum atomic E-state index is 12.5. The third-order valence-corrected chi connectivity index (χ3v) is 7.15. The van der Waals surface area contributed by atoms with Gasteiger partial charge >= 0.3 is 0 Å². The van der Waals surface area contributed by atoms with Crippen molar-refractivity contribution in [1.82, 2.24) is 19.7 Å². The molecule has 3 heterocycles. The smallest absolute Gasteiger partial charge is 0.250 e. The van der Waals surface area contributed by atoms with Gasteiger partial charge in [-0.25, -0.2) is 13.1 Å². The summed E-state index contributed by atoms with van der Waals surface area (Å²) < 4.78 is 33.3. The summed E-state index contributed by atoms with van der Waals surface area (Å²) in [5.41, 5.74) is 0. The summed E-state index contributed by atoms with van der Waals surface area (Å²) in [4.78, 5) is 18.1. The maximum absolute atomic E-state index is 12.5. The average Bonchev–Trinajstić information content (AvgIpc) is 3.17. The van der Waals surface area contributed by atoms with Crippen molar-refractivity contribution < 1.29 is 13.2 Å². The Hall–Kier alpha value is -1.82. The molecular formula is C16H24N6O3S2. The molecule has 0 bridgehead atoms. The zero-order chi connectivity index (χ0) is 19.4. The zero-order valence-corrected chi connectivity index (χ0v) is 17.3. The summed E-state index contributed by atoms with van der Waals surface area (Å²) in [6.07, 6.45) is 0.808. The van der Waals surface area contributed by atoms with Crippen molar-refractivity contribution in [2.24, 2.45) is 0 Å². The summed E-state index contributed by atoms with van der Waals surface area (Å²) in [7, 11) is 0.0776. The first-order valence-electron chi connectivity index (χ1n) is 8.72. The quantitative estimate of drug-likeness (QED) is 0.715. The van der Waals surface area contributed by atoms with Crippen molar-refractivity contribution in [3.63, 3.8) is 0 Å². The van der Waals surface area contributed by atoms with Crippen molar-refractivity contribution >= 4 is 33.3 Å². The van der Waals surface area contributed by atoms with E-state index < -0.39 is 10.0 Å². The molecule has 27 heavy (non-hydrogen) atoms. The van der Waals surface area contributed by atoms with Crippen LogP contribution in [0.1, 0.15) is 17.6 Å². The van der Waals surface area contributed by atoms with Crippen LogP contribution in [0.2, 0.25) is 0 Å². The lowest BCUT2D eigenvalue weighted by atomic mass is 10.4. The molecule has 0 atom stereocenters. The first-order valence-corrected chi connectivity index (χ1v) is 11.0. The lowest BCUT2D eigenvalue weighted by Crippen LogP contribution is -2.38. The highest BCUT2D eigenvalue weighted by molar-refractivity contribution is 7.91. The number of nitrogens with one attached hydrogen (secondary N) is 1. The Labute approximate surface area is 163 Å². The van der Waals surface area contributed by atoms with E-state index in [0.717, 1.165) is 11.3 Å². The Kier molecular flexibility index (Phi) is 6.25. The van der Waals surface area contributed by atoms with Crippen LogP contribution in [0.3, 0.4) is 0 Å². The second-order valence-electron chi connectivity index (χ2n) is 6.24. The van der Waals surface area contributed by atoms with E-state index in [1.54, 1.807) is 11.0 Å². The minimum absolute atomic E-state index is 0.00237. The molecule has 2 aromatic rings. The van der Waals surface area contributed by atoms with Gasteiger partial charge in [0, 0.05) is 32.1 Å². The number of sulfonamides is 1. The maximum Gasteiger partial charge on any atom is 0.250 e. The number of morpholine rings is 1. The molecule has 0 aromatic carbocycles. The number of thiophene rings is 1. The Morgan fingerprint density at radius 1 is 1.22 bits per heavy atom. The molecule has 0 unspecified atom stereocenters. The first-order chi connectivity index (χ1) is 12.9. The van der Waals surface area contributed by atoms with Crippen LogP contribution in [-0.4, -0.2) is 63.8 Å². The molecule has 3 rings (SSSR count). The minimum Gasteiger partial charge on any atom is -0.378 e. The van der Waals surface area contributed by atoms with E-state index >= 15 is 0 Å². The van der Waals surface area contributed by atoms with Crippen molar-refractivity contribution in [2.45, 2.75) is 24.1 Å².